The number of carbonyl (C=O) groups is 2. The highest BCUT2D eigenvalue weighted by Crippen LogP contribution is 2.62. The maximum atomic E-state index is 13.8. The van der Waals surface area contributed by atoms with Crippen molar-refractivity contribution in [1.29, 1.82) is 0 Å². The number of Topliss-reactive ketones (excluding diaryl/α,β-unsaturated/α-hetero) is 2. The molecule has 50 heavy (non-hydrogen) atoms. The van der Waals surface area contributed by atoms with Crippen molar-refractivity contribution in [1.82, 2.24) is 0 Å². The number of aryl methyl sites for hydroxylation is 1. The minimum absolute atomic E-state index is 0.00282. The van der Waals surface area contributed by atoms with E-state index in [1.54, 1.807) is 12.1 Å². The summed E-state index contributed by atoms with van der Waals surface area (Å²) in [5.74, 6) is 3.27. The van der Waals surface area contributed by atoms with Crippen molar-refractivity contribution < 1.29 is 22.8 Å². The van der Waals surface area contributed by atoms with Gasteiger partial charge in [-0.3, -0.25) is 18.9 Å². The SMILES string of the molecule is C[Si](C)(C)N=C=N[Si](C)(C)C.Cc1ccc(C2CCC3C(C2)C(=O)C2CC4C(CC23)C(=O)C2CC(c3ccc(C(F)(F)F)cc3)CCC24)cc1. The topological polar surface area (TPSA) is 58.9 Å². The number of halogens is 3. The monoisotopic (exact) mass is 720 g/mol. The Labute approximate surface area is 299 Å². The summed E-state index contributed by atoms with van der Waals surface area (Å²) in [7, 11) is -2.63. The van der Waals surface area contributed by atoms with Crippen LogP contribution in [0.2, 0.25) is 39.3 Å². The lowest BCUT2D eigenvalue weighted by Crippen LogP contribution is -2.35. The standard InChI is InChI=1S/C34H37F3O2.C7H18N2Si2/c1-18-2-4-19(5-3-18)21-8-12-24-26-16-31-27(17-30(26)32(38)28(24)14-21)25-13-9-22(15-29(25)33(31)39)20-6-10-23(11-7-20)34(35,36)37;1-10(2,3)8-7-9-11(4,5)6/h2-7,10-11,21-22,24-31H,8-9,12-17H2,1H3;1-6H3. The average Bonchev–Trinajstić information content (AvgIpc) is 3.48. The second-order valence-electron chi connectivity index (χ2n) is 18.1. The fourth-order valence-corrected chi connectivity index (χ4v) is 11.0. The third kappa shape index (κ3) is 8.05. The number of nitrogens with zero attached hydrogens (tertiary/aromatic N) is 2. The highest BCUT2D eigenvalue weighted by Gasteiger charge is 2.61. The van der Waals surface area contributed by atoms with E-state index in [0.29, 0.717) is 41.2 Å². The number of ketones is 2. The van der Waals surface area contributed by atoms with Crippen molar-refractivity contribution in [3.8, 4) is 0 Å². The van der Waals surface area contributed by atoms with Crippen LogP contribution in [0.15, 0.2) is 57.8 Å². The van der Waals surface area contributed by atoms with Gasteiger partial charge in [-0.05, 0) is 156 Å². The molecule has 7 rings (SSSR count). The summed E-state index contributed by atoms with van der Waals surface area (Å²) in [6.07, 6.45) is 3.21. The molecule has 10 atom stereocenters. The summed E-state index contributed by atoms with van der Waals surface area (Å²) < 4.78 is 47.7. The molecule has 0 radical (unpaired) electrons. The number of benzene rings is 2. The van der Waals surface area contributed by atoms with E-state index in [4.69, 9.17) is 0 Å². The van der Waals surface area contributed by atoms with Gasteiger partial charge in [-0.25, -0.2) is 0 Å². The molecule has 2 aromatic rings. The van der Waals surface area contributed by atoms with Crippen LogP contribution in [0, 0.1) is 54.3 Å². The zero-order valence-electron chi connectivity index (χ0n) is 30.9. The molecule has 0 amide bonds. The van der Waals surface area contributed by atoms with Crippen LogP contribution in [-0.2, 0) is 15.8 Å². The third-order valence-electron chi connectivity index (χ3n) is 12.5. The van der Waals surface area contributed by atoms with E-state index in [1.807, 2.05) is 0 Å². The molecule has 0 aliphatic heterocycles. The third-order valence-corrected chi connectivity index (χ3v) is 14.0. The molecule has 10 unspecified atom stereocenters. The van der Waals surface area contributed by atoms with E-state index in [9.17, 15) is 22.8 Å². The molecular weight excluding hydrogens is 666 g/mol. The lowest BCUT2D eigenvalue weighted by atomic mass is 9.63. The summed E-state index contributed by atoms with van der Waals surface area (Å²) in [5, 5.41) is 0. The molecule has 5 aliphatic carbocycles. The maximum Gasteiger partial charge on any atom is 0.416 e. The van der Waals surface area contributed by atoms with Gasteiger partial charge in [-0.2, -0.15) is 13.2 Å². The Balaban J connectivity index is 0.000000342. The van der Waals surface area contributed by atoms with E-state index in [1.165, 1.54) is 23.3 Å². The molecule has 0 saturated heterocycles. The Morgan fingerprint density at radius 3 is 1.34 bits per heavy atom. The van der Waals surface area contributed by atoms with Gasteiger partial charge in [0.2, 0.25) is 0 Å². The average molecular weight is 721 g/mol. The van der Waals surface area contributed by atoms with Crippen molar-refractivity contribution in [2.45, 2.75) is 116 Å². The van der Waals surface area contributed by atoms with Crippen molar-refractivity contribution in [3.05, 3.63) is 70.8 Å². The van der Waals surface area contributed by atoms with E-state index in [0.717, 1.165) is 56.9 Å². The van der Waals surface area contributed by atoms with Gasteiger partial charge in [0.05, 0.1) is 11.6 Å². The van der Waals surface area contributed by atoms with Gasteiger partial charge < -0.3 is 0 Å². The Morgan fingerprint density at radius 2 is 0.960 bits per heavy atom. The Hall–Kier alpha value is -2.62. The number of hydrogen-bond donors (Lipinski definition) is 0. The smallest absolute Gasteiger partial charge is 0.299 e. The van der Waals surface area contributed by atoms with Gasteiger partial charge in [-0.15, -0.1) is 0 Å². The Morgan fingerprint density at radius 1 is 0.580 bits per heavy atom. The van der Waals surface area contributed by atoms with Gasteiger partial charge in [0, 0.05) is 23.7 Å². The lowest BCUT2D eigenvalue weighted by molar-refractivity contribution is -0.137. The van der Waals surface area contributed by atoms with Crippen molar-refractivity contribution in [3.63, 3.8) is 0 Å². The maximum absolute atomic E-state index is 13.8. The molecule has 0 aromatic heterocycles. The van der Waals surface area contributed by atoms with E-state index in [-0.39, 0.29) is 29.6 Å². The molecular formula is C41H55F3N2O2Si2. The van der Waals surface area contributed by atoms with Crippen LogP contribution in [-0.4, -0.2) is 34.0 Å². The minimum Gasteiger partial charge on any atom is -0.299 e. The number of carbonyl (C=O) groups excluding carboxylic acids is 2. The van der Waals surface area contributed by atoms with Crippen LogP contribution < -0.4 is 0 Å². The molecule has 270 valence electrons. The number of fused-ring (bicyclic) bond motifs is 6. The van der Waals surface area contributed by atoms with Gasteiger partial charge in [0.15, 0.2) is 16.5 Å². The van der Waals surface area contributed by atoms with Gasteiger partial charge in [0.1, 0.15) is 11.6 Å². The molecule has 0 heterocycles. The van der Waals surface area contributed by atoms with E-state index in [2.05, 4.69) is 85.8 Å². The van der Waals surface area contributed by atoms with Crippen LogP contribution in [0.5, 0.6) is 0 Å². The zero-order chi connectivity index (χ0) is 36.2. The number of rotatable bonds is 4. The molecule has 9 heteroatoms. The van der Waals surface area contributed by atoms with Gasteiger partial charge in [-0.1, -0.05) is 42.0 Å². The lowest BCUT2D eigenvalue weighted by Gasteiger charge is -2.40. The van der Waals surface area contributed by atoms with Crippen LogP contribution in [0.3, 0.4) is 0 Å². The molecule has 2 aromatic carbocycles. The number of hydrogen-bond acceptors (Lipinski definition) is 4. The van der Waals surface area contributed by atoms with E-state index < -0.39 is 28.2 Å². The first-order chi connectivity index (χ1) is 23.4. The minimum atomic E-state index is -4.33. The molecule has 4 nitrogen and oxygen atoms in total. The Bertz CT molecular complexity index is 1600. The van der Waals surface area contributed by atoms with Gasteiger partial charge >= 0.3 is 6.18 Å². The number of alkyl halides is 3. The summed E-state index contributed by atoms with van der Waals surface area (Å²) in [5.41, 5.74) is 2.93. The van der Waals surface area contributed by atoms with Crippen LogP contribution >= 0.6 is 0 Å². The molecule has 0 N–H and O–H groups in total. The summed E-state index contributed by atoms with van der Waals surface area (Å²) in [6.45, 7) is 15.2. The first kappa shape index (κ1) is 37.2. The predicted molar refractivity (Wildman–Crippen MR) is 200 cm³/mol. The highest BCUT2D eigenvalue weighted by molar-refractivity contribution is 6.76. The normalized spacial score (nSPS) is 33.6. The van der Waals surface area contributed by atoms with Crippen molar-refractivity contribution in [2.75, 3.05) is 0 Å². The summed E-state index contributed by atoms with van der Waals surface area (Å²) >= 11 is 0. The fraction of sp³-hybridized carbons (Fsp3) is 0.634. The quantitative estimate of drug-likeness (QED) is 0.233. The van der Waals surface area contributed by atoms with Crippen molar-refractivity contribution in [2.24, 2.45) is 56.7 Å². The van der Waals surface area contributed by atoms with E-state index >= 15 is 0 Å². The largest absolute Gasteiger partial charge is 0.416 e. The molecule has 0 bridgehead atoms. The van der Waals surface area contributed by atoms with Crippen LogP contribution in [0.1, 0.15) is 85.5 Å². The first-order valence-electron chi connectivity index (χ1n) is 18.9. The fourth-order valence-electron chi connectivity index (χ4n) is 10.2. The molecule has 5 saturated carbocycles. The summed E-state index contributed by atoms with van der Waals surface area (Å²) in [6, 6.07) is 17.2. The zero-order valence-corrected chi connectivity index (χ0v) is 32.9. The second-order valence-corrected chi connectivity index (χ2v) is 27.2. The highest BCUT2D eigenvalue weighted by atomic mass is 28.3. The van der Waals surface area contributed by atoms with Crippen molar-refractivity contribution >= 4 is 34.0 Å². The predicted octanol–water partition coefficient (Wildman–Crippen LogP) is 11.0. The van der Waals surface area contributed by atoms with Crippen LogP contribution in [0.25, 0.3) is 0 Å². The first-order valence-corrected chi connectivity index (χ1v) is 25.8. The second kappa shape index (κ2) is 14.1. The molecule has 5 fully saturated rings. The molecule has 0 spiro atoms. The Kier molecular flexibility index (Phi) is 10.5. The van der Waals surface area contributed by atoms with Gasteiger partial charge in [0.25, 0.3) is 0 Å². The molecule has 5 aliphatic rings. The van der Waals surface area contributed by atoms with Crippen LogP contribution in [0.4, 0.5) is 13.2 Å². The summed E-state index contributed by atoms with van der Waals surface area (Å²) in [4.78, 5) is 27.6.